The molecule has 3 rings (SSSR count). The van der Waals surface area contributed by atoms with Crippen LogP contribution in [0.5, 0.6) is 0 Å². The molecule has 2 aliphatic rings. The lowest BCUT2D eigenvalue weighted by molar-refractivity contribution is -0.146. The van der Waals surface area contributed by atoms with Crippen LogP contribution in [-0.2, 0) is 16.0 Å². The van der Waals surface area contributed by atoms with E-state index in [1.807, 2.05) is 17.0 Å². The van der Waals surface area contributed by atoms with Crippen molar-refractivity contribution >= 4 is 5.91 Å². The summed E-state index contributed by atoms with van der Waals surface area (Å²) in [6.45, 7) is 3.96. The van der Waals surface area contributed by atoms with Gasteiger partial charge in [0.25, 0.3) is 5.91 Å². The number of nitrogens with zero attached hydrogens (tertiary/aromatic N) is 2. The van der Waals surface area contributed by atoms with Gasteiger partial charge in [-0.2, -0.15) is 0 Å². The highest BCUT2D eigenvalue weighted by Gasteiger charge is 2.39. The average molecular weight is 304 g/mol. The van der Waals surface area contributed by atoms with E-state index in [4.69, 9.17) is 4.74 Å². The molecular formula is C17H24N2O3. The highest BCUT2D eigenvalue weighted by Crippen LogP contribution is 2.29. The molecule has 2 atom stereocenters. The second-order valence-corrected chi connectivity index (χ2v) is 6.64. The molecule has 1 aromatic rings. The van der Waals surface area contributed by atoms with Gasteiger partial charge in [-0.15, -0.1) is 0 Å². The number of aromatic nitrogens is 1. The lowest BCUT2D eigenvalue weighted by Crippen LogP contribution is -2.51. The Morgan fingerprint density at radius 2 is 2.09 bits per heavy atom. The first-order chi connectivity index (χ1) is 10.6. The van der Waals surface area contributed by atoms with E-state index < -0.39 is 5.60 Å². The molecule has 0 bridgehead atoms. The Kier molecular flexibility index (Phi) is 4.45. The van der Waals surface area contributed by atoms with Crippen molar-refractivity contribution in [1.29, 1.82) is 0 Å². The summed E-state index contributed by atoms with van der Waals surface area (Å²) in [5.74, 6) is 0.390. The predicted octanol–water partition coefficient (Wildman–Crippen LogP) is 1.40. The van der Waals surface area contributed by atoms with Crippen molar-refractivity contribution < 1.29 is 14.6 Å². The number of ether oxygens (including phenoxy) is 1. The maximum absolute atomic E-state index is 12.5. The zero-order valence-electron chi connectivity index (χ0n) is 13.1. The summed E-state index contributed by atoms with van der Waals surface area (Å²) in [6, 6.07) is 3.87. The molecular weight excluding hydrogens is 280 g/mol. The second-order valence-electron chi connectivity index (χ2n) is 6.64. The summed E-state index contributed by atoms with van der Waals surface area (Å²) in [5, 5.41) is 10.8. The van der Waals surface area contributed by atoms with Gasteiger partial charge in [-0.3, -0.25) is 9.78 Å². The van der Waals surface area contributed by atoms with E-state index in [1.54, 1.807) is 12.4 Å². The van der Waals surface area contributed by atoms with Gasteiger partial charge in [-0.25, -0.2) is 0 Å². The van der Waals surface area contributed by atoms with E-state index in [1.165, 1.54) is 0 Å². The number of hydrogen-bond donors (Lipinski definition) is 1. The first-order valence-corrected chi connectivity index (χ1v) is 8.09. The van der Waals surface area contributed by atoms with Gasteiger partial charge in [0.15, 0.2) is 0 Å². The number of hydrogen-bond acceptors (Lipinski definition) is 4. The Hall–Kier alpha value is -1.46. The number of likely N-dealkylation sites (tertiary alicyclic amines) is 1. The van der Waals surface area contributed by atoms with E-state index in [0.29, 0.717) is 44.9 Å². The largest absolute Gasteiger partial charge is 0.389 e. The van der Waals surface area contributed by atoms with Gasteiger partial charge in [-0.05, 0) is 42.9 Å². The highest BCUT2D eigenvalue weighted by molar-refractivity contribution is 5.81. The summed E-state index contributed by atoms with van der Waals surface area (Å²) in [6.07, 6.45) is 6.01. The second kappa shape index (κ2) is 6.34. The zero-order chi connectivity index (χ0) is 15.6. The number of aliphatic hydroxyl groups is 1. The standard InChI is InChI=1S/C17H24N2O3/c1-13-4-11-22-15(13)16(20)19-9-5-17(21,6-10-19)12-14-2-7-18-8-3-14/h2-3,7-8,13,15,21H,4-6,9-12H2,1H3/t13-,15+/m1/s1. The molecule has 0 aromatic carbocycles. The van der Waals surface area contributed by atoms with Crippen LogP contribution >= 0.6 is 0 Å². The number of carbonyl (C=O) groups is 1. The number of piperidine rings is 1. The fourth-order valence-corrected chi connectivity index (χ4v) is 3.39. The molecule has 1 amide bonds. The molecule has 5 heteroatoms. The van der Waals surface area contributed by atoms with Gasteiger partial charge >= 0.3 is 0 Å². The molecule has 2 fully saturated rings. The monoisotopic (exact) mass is 304 g/mol. The first kappa shape index (κ1) is 15.4. The number of amides is 1. The van der Waals surface area contributed by atoms with Crippen molar-refractivity contribution in [2.24, 2.45) is 5.92 Å². The van der Waals surface area contributed by atoms with Crippen molar-refractivity contribution in [1.82, 2.24) is 9.88 Å². The van der Waals surface area contributed by atoms with Crippen LogP contribution in [0.4, 0.5) is 0 Å². The Morgan fingerprint density at radius 3 is 2.68 bits per heavy atom. The summed E-state index contributed by atoms with van der Waals surface area (Å²) in [4.78, 5) is 18.3. The molecule has 22 heavy (non-hydrogen) atoms. The van der Waals surface area contributed by atoms with Crippen molar-refractivity contribution in [3.05, 3.63) is 30.1 Å². The van der Waals surface area contributed by atoms with Crippen LogP contribution in [0.1, 0.15) is 31.7 Å². The SMILES string of the molecule is C[C@@H]1CCO[C@@H]1C(=O)N1CCC(O)(Cc2ccncc2)CC1. The molecule has 0 unspecified atom stereocenters. The summed E-state index contributed by atoms with van der Waals surface area (Å²) >= 11 is 0. The molecule has 5 nitrogen and oxygen atoms in total. The minimum absolute atomic E-state index is 0.0935. The summed E-state index contributed by atoms with van der Waals surface area (Å²) < 4.78 is 5.57. The van der Waals surface area contributed by atoms with E-state index >= 15 is 0 Å². The molecule has 3 heterocycles. The lowest BCUT2D eigenvalue weighted by atomic mass is 9.85. The molecule has 1 N–H and O–H groups in total. The highest BCUT2D eigenvalue weighted by atomic mass is 16.5. The molecule has 120 valence electrons. The van der Waals surface area contributed by atoms with Gasteiger partial charge in [0.1, 0.15) is 6.10 Å². The Labute approximate surface area is 131 Å². The summed E-state index contributed by atoms with van der Waals surface area (Å²) in [7, 11) is 0. The van der Waals surface area contributed by atoms with Crippen LogP contribution in [0.3, 0.4) is 0 Å². The summed E-state index contributed by atoms with van der Waals surface area (Å²) in [5.41, 5.74) is 0.366. The van der Waals surface area contributed by atoms with Gasteiger partial charge in [0.05, 0.1) is 5.60 Å². The van der Waals surface area contributed by atoms with Crippen LogP contribution < -0.4 is 0 Å². The Balaban J connectivity index is 1.56. The molecule has 0 radical (unpaired) electrons. The van der Waals surface area contributed by atoms with Crippen molar-refractivity contribution in [3.63, 3.8) is 0 Å². The Bertz CT molecular complexity index is 512. The van der Waals surface area contributed by atoms with Crippen LogP contribution in [0, 0.1) is 5.92 Å². The lowest BCUT2D eigenvalue weighted by Gasteiger charge is -2.39. The molecule has 1 aromatic heterocycles. The van der Waals surface area contributed by atoms with Crippen molar-refractivity contribution in [2.45, 2.75) is 44.3 Å². The minimum Gasteiger partial charge on any atom is -0.389 e. The van der Waals surface area contributed by atoms with Crippen LogP contribution in [0.15, 0.2) is 24.5 Å². The average Bonchev–Trinajstić information content (AvgIpc) is 2.94. The Morgan fingerprint density at radius 1 is 1.41 bits per heavy atom. The van der Waals surface area contributed by atoms with Gasteiger partial charge in [0.2, 0.25) is 0 Å². The van der Waals surface area contributed by atoms with Gasteiger partial charge in [0, 0.05) is 38.5 Å². The van der Waals surface area contributed by atoms with E-state index in [2.05, 4.69) is 11.9 Å². The number of carbonyl (C=O) groups excluding carboxylic acids is 1. The van der Waals surface area contributed by atoms with E-state index in [9.17, 15) is 9.90 Å². The maximum atomic E-state index is 12.5. The van der Waals surface area contributed by atoms with E-state index in [-0.39, 0.29) is 12.0 Å². The van der Waals surface area contributed by atoms with Gasteiger partial charge in [-0.1, -0.05) is 6.92 Å². The zero-order valence-corrected chi connectivity index (χ0v) is 13.1. The van der Waals surface area contributed by atoms with Crippen molar-refractivity contribution in [2.75, 3.05) is 19.7 Å². The normalized spacial score (nSPS) is 27.8. The molecule has 0 saturated carbocycles. The number of rotatable bonds is 3. The predicted molar refractivity (Wildman–Crippen MR) is 82.2 cm³/mol. The van der Waals surface area contributed by atoms with Crippen LogP contribution in [0.25, 0.3) is 0 Å². The quantitative estimate of drug-likeness (QED) is 0.917. The fraction of sp³-hybridized carbons (Fsp3) is 0.647. The minimum atomic E-state index is -0.722. The van der Waals surface area contributed by atoms with Crippen LogP contribution in [0.2, 0.25) is 0 Å². The van der Waals surface area contributed by atoms with Gasteiger partial charge < -0.3 is 14.7 Å². The topological polar surface area (TPSA) is 62.7 Å². The van der Waals surface area contributed by atoms with Crippen LogP contribution in [-0.4, -0.2) is 52.3 Å². The molecule has 0 spiro atoms. The molecule has 0 aliphatic carbocycles. The third-order valence-corrected chi connectivity index (χ3v) is 4.92. The first-order valence-electron chi connectivity index (χ1n) is 8.09. The third kappa shape index (κ3) is 3.31. The van der Waals surface area contributed by atoms with Crippen molar-refractivity contribution in [3.8, 4) is 0 Å². The fourth-order valence-electron chi connectivity index (χ4n) is 3.39. The molecule has 2 aliphatic heterocycles. The van der Waals surface area contributed by atoms with E-state index in [0.717, 1.165) is 12.0 Å². The maximum Gasteiger partial charge on any atom is 0.251 e. The number of pyridine rings is 1. The molecule has 2 saturated heterocycles. The third-order valence-electron chi connectivity index (χ3n) is 4.92. The smallest absolute Gasteiger partial charge is 0.251 e.